The number of hydrogen-bond donors (Lipinski definition) is 3. The SMILES string of the molecule is CCc1ccccc1Nc1ccc(C(N)=O)cc1N. The minimum atomic E-state index is -0.479. The predicted molar refractivity (Wildman–Crippen MR) is 78.5 cm³/mol. The van der Waals surface area contributed by atoms with Crippen LogP contribution in [0.3, 0.4) is 0 Å². The Kier molecular flexibility index (Phi) is 3.71. The number of nitrogen functional groups attached to an aromatic ring is 1. The molecule has 2 aromatic rings. The molecule has 19 heavy (non-hydrogen) atoms. The zero-order valence-corrected chi connectivity index (χ0v) is 10.8. The van der Waals surface area contributed by atoms with Crippen molar-refractivity contribution in [3.05, 3.63) is 53.6 Å². The molecule has 0 unspecified atom stereocenters. The van der Waals surface area contributed by atoms with E-state index in [2.05, 4.69) is 18.3 Å². The van der Waals surface area contributed by atoms with Crippen molar-refractivity contribution in [2.45, 2.75) is 13.3 Å². The lowest BCUT2D eigenvalue weighted by molar-refractivity contribution is 0.100. The Morgan fingerprint density at radius 1 is 1.16 bits per heavy atom. The van der Waals surface area contributed by atoms with Crippen LogP contribution in [0.25, 0.3) is 0 Å². The molecule has 98 valence electrons. The minimum Gasteiger partial charge on any atom is -0.397 e. The molecule has 0 saturated heterocycles. The number of nitrogens with one attached hydrogen (secondary N) is 1. The van der Waals surface area contributed by atoms with Crippen molar-refractivity contribution in [2.75, 3.05) is 11.1 Å². The van der Waals surface area contributed by atoms with Crippen LogP contribution in [-0.4, -0.2) is 5.91 Å². The van der Waals surface area contributed by atoms with Crippen LogP contribution in [0.15, 0.2) is 42.5 Å². The van der Waals surface area contributed by atoms with Gasteiger partial charge in [-0.25, -0.2) is 0 Å². The quantitative estimate of drug-likeness (QED) is 0.735. The van der Waals surface area contributed by atoms with E-state index in [0.29, 0.717) is 11.3 Å². The zero-order valence-electron chi connectivity index (χ0n) is 10.8. The Bertz CT molecular complexity index is 608. The van der Waals surface area contributed by atoms with Crippen LogP contribution in [0.5, 0.6) is 0 Å². The third-order valence-electron chi connectivity index (χ3n) is 3.00. The zero-order chi connectivity index (χ0) is 13.8. The molecule has 0 aliphatic rings. The second kappa shape index (κ2) is 5.44. The average molecular weight is 255 g/mol. The van der Waals surface area contributed by atoms with Gasteiger partial charge in [-0.2, -0.15) is 0 Å². The Morgan fingerprint density at radius 2 is 1.89 bits per heavy atom. The van der Waals surface area contributed by atoms with Crippen LogP contribution >= 0.6 is 0 Å². The van der Waals surface area contributed by atoms with Gasteiger partial charge in [0, 0.05) is 11.3 Å². The maximum atomic E-state index is 11.1. The summed E-state index contributed by atoms with van der Waals surface area (Å²) in [5.74, 6) is -0.479. The summed E-state index contributed by atoms with van der Waals surface area (Å²) in [5, 5.41) is 3.28. The lowest BCUT2D eigenvalue weighted by atomic mass is 10.1. The number of primary amides is 1. The second-order valence-electron chi connectivity index (χ2n) is 4.30. The highest BCUT2D eigenvalue weighted by Gasteiger charge is 2.06. The molecular weight excluding hydrogens is 238 g/mol. The van der Waals surface area contributed by atoms with E-state index in [0.717, 1.165) is 17.8 Å². The van der Waals surface area contributed by atoms with Crippen molar-refractivity contribution in [3.63, 3.8) is 0 Å². The van der Waals surface area contributed by atoms with Crippen LogP contribution < -0.4 is 16.8 Å². The number of rotatable bonds is 4. The van der Waals surface area contributed by atoms with E-state index in [1.54, 1.807) is 18.2 Å². The van der Waals surface area contributed by atoms with Crippen LogP contribution in [-0.2, 0) is 6.42 Å². The lowest BCUT2D eigenvalue weighted by Gasteiger charge is -2.13. The van der Waals surface area contributed by atoms with Crippen LogP contribution in [0.2, 0.25) is 0 Å². The van der Waals surface area contributed by atoms with Gasteiger partial charge in [0.15, 0.2) is 0 Å². The fourth-order valence-corrected chi connectivity index (χ4v) is 1.93. The average Bonchev–Trinajstić information content (AvgIpc) is 2.41. The highest BCUT2D eigenvalue weighted by atomic mass is 16.1. The molecule has 0 aliphatic heterocycles. The van der Waals surface area contributed by atoms with Crippen LogP contribution in [0.1, 0.15) is 22.8 Å². The number of anilines is 3. The summed E-state index contributed by atoms with van der Waals surface area (Å²) >= 11 is 0. The molecule has 0 atom stereocenters. The van der Waals surface area contributed by atoms with Gasteiger partial charge in [0.25, 0.3) is 0 Å². The first kappa shape index (κ1) is 13.0. The van der Waals surface area contributed by atoms with Crippen molar-refractivity contribution in [1.82, 2.24) is 0 Å². The summed E-state index contributed by atoms with van der Waals surface area (Å²) in [7, 11) is 0. The summed E-state index contributed by atoms with van der Waals surface area (Å²) in [4.78, 5) is 11.1. The molecule has 0 radical (unpaired) electrons. The van der Waals surface area contributed by atoms with E-state index < -0.39 is 5.91 Å². The number of carbonyl (C=O) groups is 1. The smallest absolute Gasteiger partial charge is 0.248 e. The van der Waals surface area contributed by atoms with E-state index in [-0.39, 0.29) is 0 Å². The van der Waals surface area contributed by atoms with E-state index >= 15 is 0 Å². The first-order valence-corrected chi connectivity index (χ1v) is 6.16. The third kappa shape index (κ3) is 2.85. The maximum Gasteiger partial charge on any atom is 0.248 e. The topological polar surface area (TPSA) is 81.1 Å². The van der Waals surface area contributed by atoms with Gasteiger partial charge in [0.05, 0.1) is 11.4 Å². The van der Waals surface area contributed by atoms with E-state index in [9.17, 15) is 4.79 Å². The maximum absolute atomic E-state index is 11.1. The first-order chi connectivity index (χ1) is 9.11. The molecule has 4 nitrogen and oxygen atoms in total. The molecule has 1 amide bonds. The Morgan fingerprint density at radius 3 is 2.53 bits per heavy atom. The van der Waals surface area contributed by atoms with Gasteiger partial charge in [-0.05, 0) is 36.2 Å². The normalized spacial score (nSPS) is 10.2. The number of hydrogen-bond acceptors (Lipinski definition) is 3. The molecular formula is C15H17N3O. The predicted octanol–water partition coefficient (Wildman–Crippen LogP) is 2.67. The third-order valence-corrected chi connectivity index (χ3v) is 3.00. The minimum absolute atomic E-state index is 0.409. The fraction of sp³-hybridized carbons (Fsp3) is 0.133. The number of amides is 1. The molecule has 0 spiro atoms. The van der Waals surface area contributed by atoms with Crippen molar-refractivity contribution in [2.24, 2.45) is 5.73 Å². The molecule has 0 bridgehead atoms. The number of benzene rings is 2. The Balaban J connectivity index is 2.31. The number of carbonyl (C=O) groups excluding carboxylic acids is 1. The number of aryl methyl sites for hydroxylation is 1. The van der Waals surface area contributed by atoms with Gasteiger partial charge >= 0.3 is 0 Å². The Hall–Kier alpha value is -2.49. The lowest BCUT2D eigenvalue weighted by Crippen LogP contribution is -2.11. The summed E-state index contributed by atoms with van der Waals surface area (Å²) in [5.41, 5.74) is 15.1. The second-order valence-corrected chi connectivity index (χ2v) is 4.30. The summed E-state index contributed by atoms with van der Waals surface area (Å²) in [6, 6.07) is 13.0. The highest BCUT2D eigenvalue weighted by molar-refractivity contribution is 5.95. The van der Waals surface area contributed by atoms with E-state index in [1.165, 1.54) is 5.56 Å². The van der Waals surface area contributed by atoms with Crippen LogP contribution in [0.4, 0.5) is 17.1 Å². The Labute approximate surface area is 112 Å². The molecule has 0 fully saturated rings. The molecule has 4 heteroatoms. The molecule has 5 N–H and O–H groups in total. The molecule has 0 heterocycles. The molecule has 0 aromatic heterocycles. The molecule has 0 aliphatic carbocycles. The largest absolute Gasteiger partial charge is 0.397 e. The van der Waals surface area contributed by atoms with Gasteiger partial charge in [0.1, 0.15) is 0 Å². The molecule has 2 rings (SSSR count). The standard InChI is InChI=1S/C15H17N3O/c1-2-10-5-3-4-6-13(10)18-14-8-7-11(15(17)19)9-12(14)16/h3-9,18H,2,16H2,1H3,(H2,17,19). The number of para-hydroxylation sites is 1. The van der Waals surface area contributed by atoms with Crippen molar-refractivity contribution in [3.8, 4) is 0 Å². The van der Waals surface area contributed by atoms with Crippen molar-refractivity contribution >= 4 is 23.0 Å². The summed E-state index contributed by atoms with van der Waals surface area (Å²) in [6.45, 7) is 2.10. The van der Waals surface area contributed by atoms with Crippen molar-refractivity contribution < 1.29 is 4.79 Å². The molecule has 0 saturated carbocycles. The van der Waals surface area contributed by atoms with Gasteiger partial charge in [-0.15, -0.1) is 0 Å². The van der Waals surface area contributed by atoms with Gasteiger partial charge in [-0.1, -0.05) is 25.1 Å². The summed E-state index contributed by atoms with van der Waals surface area (Å²) in [6.07, 6.45) is 0.933. The summed E-state index contributed by atoms with van der Waals surface area (Å²) < 4.78 is 0. The van der Waals surface area contributed by atoms with Gasteiger partial charge in [-0.3, -0.25) is 4.79 Å². The van der Waals surface area contributed by atoms with Crippen LogP contribution in [0, 0.1) is 0 Å². The van der Waals surface area contributed by atoms with Crippen molar-refractivity contribution in [1.29, 1.82) is 0 Å². The van der Waals surface area contributed by atoms with E-state index in [4.69, 9.17) is 11.5 Å². The van der Waals surface area contributed by atoms with Gasteiger partial charge in [0.2, 0.25) is 5.91 Å². The first-order valence-electron chi connectivity index (χ1n) is 6.16. The highest BCUT2D eigenvalue weighted by Crippen LogP contribution is 2.26. The van der Waals surface area contributed by atoms with E-state index in [1.807, 2.05) is 18.2 Å². The number of nitrogens with two attached hydrogens (primary N) is 2. The fourth-order valence-electron chi connectivity index (χ4n) is 1.93. The molecule has 2 aromatic carbocycles. The monoisotopic (exact) mass is 255 g/mol. The van der Waals surface area contributed by atoms with Gasteiger partial charge < -0.3 is 16.8 Å².